The van der Waals surface area contributed by atoms with E-state index in [0.29, 0.717) is 30.0 Å². The van der Waals surface area contributed by atoms with Crippen molar-refractivity contribution in [3.63, 3.8) is 0 Å². The molecule has 17 heavy (non-hydrogen) atoms. The van der Waals surface area contributed by atoms with Gasteiger partial charge in [-0.3, -0.25) is 9.59 Å². The third-order valence-corrected chi connectivity index (χ3v) is 2.11. The van der Waals surface area contributed by atoms with Crippen molar-refractivity contribution < 1.29 is 14.7 Å². The number of nitrogens with two attached hydrogens (primary N) is 1. The lowest BCUT2D eigenvalue weighted by molar-refractivity contribution is -0.137. The van der Waals surface area contributed by atoms with Crippen molar-refractivity contribution in [2.45, 2.75) is 19.8 Å². The Hall–Kier alpha value is -2.11. The van der Waals surface area contributed by atoms with E-state index in [0.717, 1.165) is 0 Å². The highest BCUT2D eigenvalue weighted by atomic mass is 16.4. The predicted molar refractivity (Wildman–Crippen MR) is 62.9 cm³/mol. The summed E-state index contributed by atoms with van der Waals surface area (Å²) in [6, 6.07) is 3.15. The first kappa shape index (κ1) is 13.0. The Morgan fingerprint density at radius 1 is 1.47 bits per heavy atom. The molecule has 1 aromatic rings. The summed E-state index contributed by atoms with van der Waals surface area (Å²) in [6.07, 6.45) is 0.596. The summed E-state index contributed by atoms with van der Waals surface area (Å²) < 4.78 is 0. The Morgan fingerprint density at radius 3 is 2.76 bits per heavy atom. The monoisotopic (exact) mass is 237 g/mol. The molecule has 0 radical (unpaired) electrons. The van der Waals surface area contributed by atoms with Crippen molar-refractivity contribution in [2.75, 3.05) is 11.9 Å². The Morgan fingerprint density at radius 2 is 2.18 bits per heavy atom. The second-order valence-corrected chi connectivity index (χ2v) is 3.67. The van der Waals surface area contributed by atoms with Gasteiger partial charge in [-0.1, -0.05) is 0 Å². The van der Waals surface area contributed by atoms with Crippen LogP contribution < -0.4 is 11.1 Å². The SMILES string of the molecule is Cc1cc(C(N)=O)cc(NCCCC(=O)O)n1. The third kappa shape index (κ3) is 4.50. The van der Waals surface area contributed by atoms with Crippen LogP contribution in [0.5, 0.6) is 0 Å². The third-order valence-electron chi connectivity index (χ3n) is 2.11. The minimum absolute atomic E-state index is 0.0987. The molecule has 0 bridgehead atoms. The molecule has 0 aromatic carbocycles. The van der Waals surface area contributed by atoms with E-state index in [-0.39, 0.29) is 6.42 Å². The topological polar surface area (TPSA) is 105 Å². The van der Waals surface area contributed by atoms with Crippen LogP contribution in [-0.2, 0) is 4.79 Å². The van der Waals surface area contributed by atoms with Gasteiger partial charge in [0.1, 0.15) is 5.82 Å². The number of amides is 1. The summed E-state index contributed by atoms with van der Waals surface area (Å²) >= 11 is 0. The van der Waals surface area contributed by atoms with Crippen LogP contribution in [0, 0.1) is 6.92 Å². The Labute approximate surface area is 98.8 Å². The average molecular weight is 237 g/mol. The molecule has 0 aliphatic carbocycles. The second-order valence-electron chi connectivity index (χ2n) is 3.67. The molecule has 0 aliphatic rings. The molecular formula is C11H15N3O3. The van der Waals surface area contributed by atoms with Gasteiger partial charge in [-0.2, -0.15) is 0 Å². The molecule has 0 spiro atoms. The molecule has 1 heterocycles. The summed E-state index contributed by atoms with van der Waals surface area (Å²) in [4.78, 5) is 25.5. The number of aromatic nitrogens is 1. The molecule has 1 amide bonds. The quantitative estimate of drug-likeness (QED) is 0.633. The van der Waals surface area contributed by atoms with Crippen molar-refractivity contribution >= 4 is 17.7 Å². The van der Waals surface area contributed by atoms with E-state index in [2.05, 4.69) is 10.3 Å². The zero-order valence-corrected chi connectivity index (χ0v) is 9.56. The lowest BCUT2D eigenvalue weighted by atomic mass is 10.2. The number of carboxylic acid groups (broad SMARTS) is 1. The van der Waals surface area contributed by atoms with Crippen LogP contribution in [0.1, 0.15) is 28.9 Å². The van der Waals surface area contributed by atoms with E-state index in [9.17, 15) is 9.59 Å². The Balaban J connectivity index is 2.59. The van der Waals surface area contributed by atoms with E-state index < -0.39 is 11.9 Å². The van der Waals surface area contributed by atoms with Gasteiger partial charge in [0, 0.05) is 24.2 Å². The number of anilines is 1. The standard InChI is InChI=1S/C11H15N3O3/c1-7-5-8(11(12)17)6-9(14-7)13-4-2-3-10(15)16/h5-6H,2-4H2,1H3,(H2,12,17)(H,13,14)(H,15,16). The highest BCUT2D eigenvalue weighted by Crippen LogP contribution is 2.09. The fourth-order valence-corrected chi connectivity index (χ4v) is 1.36. The van der Waals surface area contributed by atoms with Crippen LogP contribution in [0.25, 0.3) is 0 Å². The van der Waals surface area contributed by atoms with Crippen LogP contribution >= 0.6 is 0 Å². The van der Waals surface area contributed by atoms with Crippen molar-refractivity contribution in [2.24, 2.45) is 5.73 Å². The normalized spacial score (nSPS) is 9.94. The zero-order chi connectivity index (χ0) is 12.8. The van der Waals surface area contributed by atoms with Crippen molar-refractivity contribution in [1.29, 1.82) is 0 Å². The number of carbonyl (C=O) groups is 2. The number of nitrogens with zero attached hydrogens (tertiary/aromatic N) is 1. The van der Waals surface area contributed by atoms with E-state index in [4.69, 9.17) is 10.8 Å². The van der Waals surface area contributed by atoms with E-state index in [1.807, 2.05) is 0 Å². The van der Waals surface area contributed by atoms with E-state index >= 15 is 0 Å². The molecule has 0 unspecified atom stereocenters. The first-order valence-corrected chi connectivity index (χ1v) is 5.23. The number of aliphatic carboxylic acids is 1. The van der Waals surface area contributed by atoms with Crippen LogP contribution in [0.2, 0.25) is 0 Å². The van der Waals surface area contributed by atoms with Gasteiger partial charge in [0.15, 0.2) is 0 Å². The smallest absolute Gasteiger partial charge is 0.303 e. The summed E-state index contributed by atoms with van der Waals surface area (Å²) in [7, 11) is 0. The van der Waals surface area contributed by atoms with Crippen molar-refractivity contribution in [1.82, 2.24) is 4.98 Å². The van der Waals surface area contributed by atoms with Crippen molar-refractivity contribution in [3.05, 3.63) is 23.4 Å². The molecule has 0 aliphatic heterocycles. The van der Waals surface area contributed by atoms with Gasteiger partial charge in [0.05, 0.1) is 0 Å². The Kier molecular flexibility index (Phi) is 4.45. The Bertz CT molecular complexity index is 432. The maximum atomic E-state index is 11.0. The van der Waals surface area contributed by atoms with Gasteiger partial charge in [0.25, 0.3) is 0 Å². The second kappa shape index (κ2) is 5.83. The predicted octanol–water partition coefficient (Wildman–Crippen LogP) is 0.766. The minimum atomic E-state index is -0.832. The number of hydrogen-bond acceptors (Lipinski definition) is 4. The largest absolute Gasteiger partial charge is 0.481 e. The molecule has 0 saturated carbocycles. The number of pyridine rings is 1. The molecule has 1 rings (SSSR count). The highest BCUT2D eigenvalue weighted by Gasteiger charge is 2.04. The van der Waals surface area contributed by atoms with Gasteiger partial charge in [-0.25, -0.2) is 4.98 Å². The zero-order valence-electron chi connectivity index (χ0n) is 9.56. The minimum Gasteiger partial charge on any atom is -0.481 e. The summed E-state index contributed by atoms with van der Waals surface area (Å²) in [6.45, 7) is 2.25. The molecule has 0 atom stereocenters. The first-order valence-electron chi connectivity index (χ1n) is 5.23. The molecule has 4 N–H and O–H groups in total. The van der Waals surface area contributed by atoms with Crippen LogP contribution in [-0.4, -0.2) is 28.5 Å². The summed E-state index contributed by atoms with van der Waals surface area (Å²) in [5.41, 5.74) is 6.24. The van der Waals surface area contributed by atoms with E-state index in [1.165, 1.54) is 0 Å². The number of aryl methyl sites for hydroxylation is 1. The average Bonchev–Trinajstić information content (AvgIpc) is 2.23. The van der Waals surface area contributed by atoms with Gasteiger partial charge >= 0.3 is 5.97 Å². The molecule has 6 heteroatoms. The molecule has 0 saturated heterocycles. The van der Waals surface area contributed by atoms with Crippen LogP contribution in [0.4, 0.5) is 5.82 Å². The number of nitrogens with one attached hydrogen (secondary N) is 1. The van der Waals surface area contributed by atoms with Crippen LogP contribution in [0.3, 0.4) is 0 Å². The first-order chi connectivity index (χ1) is 7.99. The fraction of sp³-hybridized carbons (Fsp3) is 0.364. The lowest BCUT2D eigenvalue weighted by Gasteiger charge is -2.07. The maximum Gasteiger partial charge on any atom is 0.303 e. The number of carboxylic acids is 1. The van der Waals surface area contributed by atoms with Crippen molar-refractivity contribution in [3.8, 4) is 0 Å². The van der Waals surface area contributed by atoms with Gasteiger partial charge < -0.3 is 16.2 Å². The lowest BCUT2D eigenvalue weighted by Crippen LogP contribution is -2.13. The molecule has 1 aromatic heterocycles. The fourth-order valence-electron chi connectivity index (χ4n) is 1.36. The highest BCUT2D eigenvalue weighted by molar-refractivity contribution is 5.93. The number of rotatable bonds is 6. The molecule has 0 fully saturated rings. The maximum absolute atomic E-state index is 11.0. The summed E-state index contributed by atoms with van der Waals surface area (Å²) in [5.74, 6) is -0.810. The van der Waals surface area contributed by atoms with E-state index in [1.54, 1.807) is 19.1 Å². The van der Waals surface area contributed by atoms with Gasteiger partial charge in [-0.05, 0) is 25.5 Å². The van der Waals surface area contributed by atoms with Gasteiger partial charge in [0.2, 0.25) is 5.91 Å². The van der Waals surface area contributed by atoms with Crippen LogP contribution in [0.15, 0.2) is 12.1 Å². The number of carbonyl (C=O) groups excluding carboxylic acids is 1. The number of hydrogen-bond donors (Lipinski definition) is 3. The molecular weight excluding hydrogens is 222 g/mol. The molecule has 6 nitrogen and oxygen atoms in total. The molecule has 92 valence electrons. The number of primary amides is 1. The summed E-state index contributed by atoms with van der Waals surface area (Å²) in [5, 5.41) is 11.4. The van der Waals surface area contributed by atoms with Gasteiger partial charge in [-0.15, -0.1) is 0 Å².